The van der Waals surface area contributed by atoms with Crippen LogP contribution in [0, 0.1) is 3.57 Å². The van der Waals surface area contributed by atoms with Crippen LogP contribution in [0.4, 0.5) is 0 Å². The summed E-state index contributed by atoms with van der Waals surface area (Å²) >= 11 is 5.46. The van der Waals surface area contributed by atoms with Gasteiger partial charge in [-0.3, -0.25) is 4.79 Å². The molecule has 1 atom stereocenters. The molecule has 0 bridgehead atoms. The van der Waals surface area contributed by atoms with Crippen molar-refractivity contribution in [1.29, 1.82) is 0 Å². The third-order valence-electron chi connectivity index (χ3n) is 2.59. The molecule has 0 aliphatic carbocycles. The fourth-order valence-electron chi connectivity index (χ4n) is 1.53. The fourth-order valence-corrected chi connectivity index (χ4v) is 2.47. The zero-order valence-corrected chi connectivity index (χ0v) is 14.1. The van der Waals surface area contributed by atoms with E-state index >= 15 is 0 Å². The van der Waals surface area contributed by atoms with Crippen LogP contribution in [0.1, 0.15) is 30.1 Å². The van der Waals surface area contributed by atoms with E-state index in [-0.39, 0.29) is 17.8 Å². The standard InChI is InChI=1S/C12H15BrIN3O2/c1-2-8(6-11(15)17-19)16-12(18)9-5-7(13)3-4-10(9)14/h3-5,8,19H,2,6H2,1H3,(H2,15,17)(H,16,18). The molecule has 5 nitrogen and oxygen atoms in total. The van der Waals surface area contributed by atoms with Crippen molar-refractivity contribution in [2.75, 3.05) is 0 Å². The topological polar surface area (TPSA) is 87.7 Å². The Balaban J connectivity index is 2.80. The highest BCUT2D eigenvalue weighted by atomic mass is 127. The van der Waals surface area contributed by atoms with Crippen molar-refractivity contribution in [2.45, 2.75) is 25.8 Å². The first-order chi connectivity index (χ1) is 8.97. The van der Waals surface area contributed by atoms with Crippen LogP contribution in [0.5, 0.6) is 0 Å². The Morgan fingerprint density at radius 2 is 2.32 bits per heavy atom. The van der Waals surface area contributed by atoms with Gasteiger partial charge in [-0.25, -0.2) is 0 Å². The molecule has 0 radical (unpaired) electrons. The highest BCUT2D eigenvalue weighted by Crippen LogP contribution is 2.18. The van der Waals surface area contributed by atoms with Gasteiger partial charge in [0.05, 0.1) is 5.56 Å². The number of hydrogen-bond donors (Lipinski definition) is 3. The van der Waals surface area contributed by atoms with E-state index in [1.54, 1.807) is 6.07 Å². The number of carbonyl (C=O) groups is 1. The molecule has 0 saturated carbocycles. The first-order valence-corrected chi connectivity index (χ1v) is 7.57. The first kappa shape index (κ1) is 16.2. The number of benzene rings is 1. The highest BCUT2D eigenvalue weighted by molar-refractivity contribution is 14.1. The molecule has 0 fully saturated rings. The summed E-state index contributed by atoms with van der Waals surface area (Å²) in [5, 5.41) is 14.4. The van der Waals surface area contributed by atoms with Crippen LogP contribution in [0.15, 0.2) is 27.8 Å². The van der Waals surface area contributed by atoms with Crippen LogP contribution in [-0.2, 0) is 0 Å². The van der Waals surface area contributed by atoms with Crippen LogP contribution in [0.25, 0.3) is 0 Å². The van der Waals surface area contributed by atoms with E-state index in [0.717, 1.165) is 8.04 Å². The maximum Gasteiger partial charge on any atom is 0.252 e. The van der Waals surface area contributed by atoms with E-state index < -0.39 is 0 Å². The summed E-state index contributed by atoms with van der Waals surface area (Å²) < 4.78 is 1.72. The molecule has 4 N–H and O–H groups in total. The Morgan fingerprint density at radius 3 is 2.89 bits per heavy atom. The molecule has 19 heavy (non-hydrogen) atoms. The summed E-state index contributed by atoms with van der Waals surface area (Å²) in [4.78, 5) is 12.2. The predicted octanol–water partition coefficient (Wildman–Crippen LogP) is 2.70. The number of hydrogen-bond acceptors (Lipinski definition) is 3. The Bertz CT molecular complexity index is 494. The van der Waals surface area contributed by atoms with E-state index in [1.165, 1.54) is 0 Å². The lowest BCUT2D eigenvalue weighted by Crippen LogP contribution is -2.37. The van der Waals surface area contributed by atoms with E-state index in [2.05, 4.69) is 49.0 Å². The summed E-state index contributed by atoms with van der Waals surface area (Å²) in [5.41, 5.74) is 6.06. The first-order valence-electron chi connectivity index (χ1n) is 5.70. The van der Waals surface area contributed by atoms with Gasteiger partial charge < -0.3 is 16.3 Å². The number of carbonyl (C=O) groups excluding carboxylic acids is 1. The smallest absolute Gasteiger partial charge is 0.252 e. The second-order valence-corrected chi connectivity index (χ2v) is 6.08. The van der Waals surface area contributed by atoms with Crippen molar-refractivity contribution in [3.8, 4) is 0 Å². The monoisotopic (exact) mass is 439 g/mol. The van der Waals surface area contributed by atoms with Gasteiger partial charge in [-0.15, -0.1) is 0 Å². The van der Waals surface area contributed by atoms with Crippen LogP contribution in [0.2, 0.25) is 0 Å². The molecule has 104 valence electrons. The van der Waals surface area contributed by atoms with Crippen LogP contribution < -0.4 is 11.1 Å². The van der Waals surface area contributed by atoms with E-state index in [9.17, 15) is 4.79 Å². The summed E-state index contributed by atoms with van der Waals surface area (Å²) in [6.07, 6.45) is 1.02. The lowest BCUT2D eigenvalue weighted by Gasteiger charge is -2.16. The summed E-state index contributed by atoms with van der Waals surface area (Å²) in [6, 6.07) is 5.36. The van der Waals surface area contributed by atoms with Gasteiger partial charge in [0.15, 0.2) is 0 Å². The number of nitrogens with zero attached hydrogens (tertiary/aromatic N) is 1. The summed E-state index contributed by atoms with van der Waals surface area (Å²) in [5.74, 6) is -0.0561. The van der Waals surface area contributed by atoms with Crippen LogP contribution >= 0.6 is 38.5 Å². The van der Waals surface area contributed by atoms with Crippen molar-refractivity contribution in [1.82, 2.24) is 5.32 Å². The zero-order chi connectivity index (χ0) is 14.4. The van der Waals surface area contributed by atoms with E-state index in [1.807, 2.05) is 19.1 Å². The van der Waals surface area contributed by atoms with E-state index in [4.69, 9.17) is 10.9 Å². The molecule has 0 aliphatic heterocycles. The lowest BCUT2D eigenvalue weighted by molar-refractivity contribution is 0.0936. The second-order valence-electron chi connectivity index (χ2n) is 4.00. The molecule has 0 aromatic heterocycles. The largest absolute Gasteiger partial charge is 0.409 e. The third-order valence-corrected chi connectivity index (χ3v) is 4.02. The molecule has 1 unspecified atom stereocenters. The third kappa shape index (κ3) is 4.98. The maximum absolute atomic E-state index is 12.2. The normalized spacial score (nSPS) is 13.1. The van der Waals surface area contributed by atoms with Gasteiger partial charge in [-0.2, -0.15) is 0 Å². The fraction of sp³-hybridized carbons (Fsp3) is 0.333. The SMILES string of the molecule is CCC(C/C(N)=N/O)NC(=O)c1cc(Br)ccc1I. The average Bonchev–Trinajstić information content (AvgIpc) is 2.40. The predicted molar refractivity (Wildman–Crippen MR) is 86.4 cm³/mol. The lowest BCUT2D eigenvalue weighted by atomic mass is 10.1. The minimum atomic E-state index is -0.164. The Morgan fingerprint density at radius 1 is 1.63 bits per heavy atom. The van der Waals surface area contributed by atoms with E-state index in [0.29, 0.717) is 18.4 Å². The van der Waals surface area contributed by atoms with Gasteiger partial charge in [0.2, 0.25) is 0 Å². The van der Waals surface area contributed by atoms with Gasteiger partial charge in [-0.1, -0.05) is 28.0 Å². The Kier molecular flexibility index (Phi) is 6.56. The molecule has 0 spiro atoms. The number of amidine groups is 1. The number of nitrogens with two attached hydrogens (primary N) is 1. The number of nitrogens with one attached hydrogen (secondary N) is 1. The van der Waals surface area contributed by atoms with Gasteiger partial charge in [0.25, 0.3) is 5.91 Å². The Hall–Kier alpha value is -0.830. The van der Waals surface area contributed by atoms with Crippen molar-refractivity contribution < 1.29 is 10.0 Å². The molecule has 0 aliphatic rings. The van der Waals surface area contributed by atoms with Gasteiger partial charge >= 0.3 is 0 Å². The molecule has 1 amide bonds. The molecule has 0 heterocycles. The molecule has 1 aromatic carbocycles. The van der Waals surface area contributed by atoms with Crippen molar-refractivity contribution >= 4 is 50.3 Å². The molecule has 0 saturated heterocycles. The molecule has 1 aromatic rings. The van der Waals surface area contributed by atoms with Crippen molar-refractivity contribution in [2.24, 2.45) is 10.9 Å². The molecule has 1 rings (SSSR count). The van der Waals surface area contributed by atoms with Gasteiger partial charge in [-0.05, 0) is 47.2 Å². The highest BCUT2D eigenvalue weighted by Gasteiger charge is 2.16. The summed E-state index contributed by atoms with van der Waals surface area (Å²) in [7, 11) is 0. The van der Waals surface area contributed by atoms with Crippen molar-refractivity contribution in [3.63, 3.8) is 0 Å². The van der Waals surface area contributed by atoms with Crippen LogP contribution in [0.3, 0.4) is 0 Å². The summed E-state index contributed by atoms with van der Waals surface area (Å²) in [6.45, 7) is 1.93. The Labute approximate surface area is 133 Å². The van der Waals surface area contributed by atoms with Crippen molar-refractivity contribution in [3.05, 3.63) is 31.8 Å². The quantitative estimate of drug-likeness (QED) is 0.217. The maximum atomic E-state index is 12.2. The number of amides is 1. The number of halogens is 2. The average molecular weight is 440 g/mol. The molecular formula is C12H15BrIN3O2. The van der Waals surface area contributed by atoms with Gasteiger partial charge in [0.1, 0.15) is 5.84 Å². The second kappa shape index (κ2) is 7.68. The van der Waals surface area contributed by atoms with Gasteiger partial charge in [0, 0.05) is 20.5 Å². The minimum Gasteiger partial charge on any atom is -0.409 e. The minimum absolute atomic E-state index is 0.107. The zero-order valence-electron chi connectivity index (χ0n) is 10.4. The molecule has 7 heteroatoms. The number of oxime groups is 1. The van der Waals surface area contributed by atoms with Crippen LogP contribution in [-0.4, -0.2) is 23.0 Å². The molecular weight excluding hydrogens is 425 g/mol. The number of rotatable bonds is 5.